The van der Waals surface area contributed by atoms with Crippen LogP contribution in [0.3, 0.4) is 0 Å². The molecule has 0 aliphatic heterocycles. The van der Waals surface area contributed by atoms with Crippen molar-refractivity contribution >= 4 is 17.7 Å². The molecule has 0 amide bonds. The first-order valence-corrected chi connectivity index (χ1v) is 8.73. The number of carbonyl (C=O) groups is 1. The van der Waals surface area contributed by atoms with Crippen LogP contribution in [0.1, 0.15) is 10.4 Å². The molecular formula is C18H17N3O3S. The van der Waals surface area contributed by atoms with E-state index in [2.05, 4.69) is 10.1 Å². The predicted molar refractivity (Wildman–Crippen MR) is 96.5 cm³/mol. The van der Waals surface area contributed by atoms with Gasteiger partial charge < -0.3 is 9.47 Å². The van der Waals surface area contributed by atoms with Gasteiger partial charge in [-0.3, -0.25) is 4.79 Å². The summed E-state index contributed by atoms with van der Waals surface area (Å²) in [7, 11) is 3.08. The van der Waals surface area contributed by atoms with Crippen LogP contribution < -0.4 is 9.47 Å². The van der Waals surface area contributed by atoms with E-state index < -0.39 is 0 Å². The molecule has 25 heavy (non-hydrogen) atoms. The van der Waals surface area contributed by atoms with Gasteiger partial charge in [0, 0.05) is 11.1 Å². The third-order valence-corrected chi connectivity index (χ3v) is 4.24. The van der Waals surface area contributed by atoms with Gasteiger partial charge >= 0.3 is 0 Å². The number of methoxy groups -OCH3 is 2. The molecule has 0 N–H and O–H groups in total. The van der Waals surface area contributed by atoms with Gasteiger partial charge in [-0.1, -0.05) is 42.1 Å². The Labute approximate surface area is 149 Å². The summed E-state index contributed by atoms with van der Waals surface area (Å²) in [5.74, 6) is 1.29. The van der Waals surface area contributed by atoms with Crippen molar-refractivity contribution in [2.45, 2.75) is 5.16 Å². The van der Waals surface area contributed by atoms with Gasteiger partial charge in [0.1, 0.15) is 0 Å². The molecule has 3 aromatic rings. The van der Waals surface area contributed by atoms with E-state index in [0.29, 0.717) is 28.0 Å². The van der Waals surface area contributed by atoms with Crippen molar-refractivity contribution in [3.05, 3.63) is 54.1 Å². The maximum atomic E-state index is 12.9. The maximum absolute atomic E-state index is 12.9. The first-order chi connectivity index (χ1) is 12.2. The van der Waals surface area contributed by atoms with E-state index in [-0.39, 0.29) is 5.91 Å². The molecule has 1 aromatic heterocycles. The number of thioether (sulfide) groups is 1. The van der Waals surface area contributed by atoms with Gasteiger partial charge in [0.05, 0.1) is 14.2 Å². The highest BCUT2D eigenvalue weighted by Gasteiger charge is 2.19. The largest absolute Gasteiger partial charge is 0.493 e. The summed E-state index contributed by atoms with van der Waals surface area (Å²) in [5.41, 5.74) is 1.30. The highest BCUT2D eigenvalue weighted by Crippen LogP contribution is 2.28. The van der Waals surface area contributed by atoms with Crippen LogP contribution in [0.5, 0.6) is 11.5 Å². The molecule has 0 atom stereocenters. The molecule has 6 nitrogen and oxygen atoms in total. The fourth-order valence-corrected chi connectivity index (χ4v) is 2.84. The van der Waals surface area contributed by atoms with Crippen LogP contribution in [0, 0.1) is 0 Å². The Morgan fingerprint density at radius 1 is 1.04 bits per heavy atom. The minimum Gasteiger partial charge on any atom is -0.493 e. The zero-order valence-electron chi connectivity index (χ0n) is 14.1. The van der Waals surface area contributed by atoms with E-state index in [1.807, 2.05) is 36.6 Å². The minimum absolute atomic E-state index is 0.278. The number of aromatic nitrogens is 3. The molecule has 1 heterocycles. The van der Waals surface area contributed by atoms with Crippen molar-refractivity contribution in [3.8, 4) is 22.9 Å². The summed E-state index contributed by atoms with van der Waals surface area (Å²) in [4.78, 5) is 17.3. The summed E-state index contributed by atoms with van der Waals surface area (Å²) >= 11 is 1.36. The van der Waals surface area contributed by atoms with Gasteiger partial charge in [0.15, 0.2) is 22.5 Å². The molecule has 2 aromatic carbocycles. The number of benzene rings is 2. The molecule has 0 saturated carbocycles. The quantitative estimate of drug-likeness (QED) is 0.654. The lowest BCUT2D eigenvalue weighted by atomic mass is 10.2. The maximum Gasteiger partial charge on any atom is 0.280 e. The lowest BCUT2D eigenvalue weighted by molar-refractivity contribution is 0.0933. The smallest absolute Gasteiger partial charge is 0.280 e. The summed E-state index contributed by atoms with van der Waals surface area (Å²) < 4.78 is 11.8. The zero-order valence-corrected chi connectivity index (χ0v) is 14.9. The van der Waals surface area contributed by atoms with E-state index >= 15 is 0 Å². The number of hydrogen-bond acceptors (Lipinski definition) is 6. The molecule has 0 unspecified atom stereocenters. The Morgan fingerprint density at radius 2 is 1.76 bits per heavy atom. The Kier molecular flexibility index (Phi) is 5.04. The van der Waals surface area contributed by atoms with Gasteiger partial charge in [-0.05, 0) is 24.5 Å². The van der Waals surface area contributed by atoms with Gasteiger partial charge in [-0.15, -0.1) is 5.10 Å². The van der Waals surface area contributed by atoms with Crippen molar-refractivity contribution in [1.82, 2.24) is 14.8 Å². The second-order valence-corrected chi connectivity index (χ2v) is 5.85. The van der Waals surface area contributed by atoms with Crippen molar-refractivity contribution < 1.29 is 14.3 Å². The number of rotatable bonds is 5. The van der Waals surface area contributed by atoms with E-state index in [4.69, 9.17) is 9.47 Å². The van der Waals surface area contributed by atoms with Crippen LogP contribution in [0.25, 0.3) is 11.4 Å². The molecule has 3 rings (SSSR count). The number of nitrogens with zero attached hydrogens (tertiary/aromatic N) is 3. The second kappa shape index (κ2) is 7.40. The highest BCUT2D eigenvalue weighted by molar-refractivity contribution is 7.98. The molecule has 0 fully saturated rings. The highest BCUT2D eigenvalue weighted by atomic mass is 32.2. The molecule has 0 aliphatic carbocycles. The Hall–Kier alpha value is -2.80. The van der Waals surface area contributed by atoms with E-state index in [1.54, 1.807) is 25.3 Å². The average molecular weight is 355 g/mol. The Morgan fingerprint density at radius 3 is 2.40 bits per heavy atom. The van der Waals surface area contributed by atoms with E-state index in [1.165, 1.54) is 23.6 Å². The Balaban J connectivity index is 2.01. The van der Waals surface area contributed by atoms with Gasteiger partial charge in [0.25, 0.3) is 5.91 Å². The third-order valence-electron chi connectivity index (χ3n) is 3.61. The molecule has 0 saturated heterocycles. The molecule has 7 heteroatoms. The van der Waals surface area contributed by atoms with Gasteiger partial charge in [-0.25, -0.2) is 4.98 Å². The fourth-order valence-electron chi connectivity index (χ4n) is 2.36. The minimum atomic E-state index is -0.278. The first-order valence-electron chi connectivity index (χ1n) is 7.51. The first kappa shape index (κ1) is 17.0. The normalized spacial score (nSPS) is 10.5. The molecule has 0 bridgehead atoms. The monoisotopic (exact) mass is 355 g/mol. The number of hydrogen-bond donors (Lipinski definition) is 0. The fraction of sp³-hybridized carbons (Fsp3) is 0.167. The molecule has 0 spiro atoms. The van der Waals surface area contributed by atoms with Crippen molar-refractivity contribution in [2.24, 2.45) is 0 Å². The molecule has 128 valence electrons. The zero-order chi connectivity index (χ0) is 17.8. The summed E-state index contributed by atoms with van der Waals surface area (Å²) in [5, 5.41) is 4.92. The van der Waals surface area contributed by atoms with Crippen molar-refractivity contribution in [2.75, 3.05) is 20.5 Å². The number of carbonyl (C=O) groups excluding carboxylic acids is 1. The second-order valence-electron chi connectivity index (χ2n) is 5.07. The lowest BCUT2D eigenvalue weighted by Gasteiger charge is -2.09. The van der Waals surface area contributed by atoms with Gasteiger partial charge in [-0.2, -0.15) is 4.68 Å². The molecular weight excluding hydrogens is 338 g/mol. The summed E-state index contributed by atoms with van der Waals surface area (Å²) in [6.45, 7) is 0. The van der Waals surface area contributed by atoms with Crippen LogP contribution in [0.4, 0.5) is 0 Å². The molecule has 0 aliphatic rings. The van der Waals surface area contributed by atoms with Crippen LogP contribution >= 0.6 is 11.8 Å². The van der Waals surface area contributed by atoms with E-state index in [0.717, 1.165) is 5.56 Å². The van der Waals surface area contributed by atoms with Gasteiger partial charge in [0.2, 0.25) is 0 Å². The SMILES string of the molecule is COc1ccc(C(=O)n2nc(-c3ccccc3)nc2SC)cc1OC. The summed E-state index contributed by atoms with van der Waals surface area (Å²) in [6.07, 6.45) is 1.86. The topological polar surface area (TPSA) is 66.2 Å². The Bertz CT molecular complexity index is 894. The summed E-state index contributed by atoms with van der Waals surface area (Å²) in [6, 6.07) is 14.6. The average Bonchev–Trinajstić information content (AvgIpc) is 3.12. The molecule has 0 radical (unpaired) electrons. The van der Waals surface area contributed by atoms with E-state index in [9.17, 15) is 4.79 Å². The third kappa shape index (κ3) is 3.36. The standard InChI is InChI=1S/C18H17N3O3S/c1-23-14-10-9-13(11-15(14)24-2)17(22)21-18(25-3)19-16(20-21)12-7-5-4-6-8-12/h4-11H,1-3H3. The number of ether oxygens (including phenoxy) is 2. The van der Waals surface area contributed by atoms with Crippen LogP contribution in [-0.2, 0) is 0 Å². The van der Waals surface area contributed by atoms with Crippen molar-refractivity contribution in [3.63, 3.8) is 0 Å². The lowest BCUT2D eigenvalue weighted by Crippen LogP contribution is -2.15. The van der Waals surface area contributed by atoms with Crippen LogP contribution in [0.15, 0.2) is 53.7 Å². The predicted octanol–water partition coefficient (Wildman–Crippen LogP) is 3.37. The van der Waals surface area contributed by atoms with Crippen LogP contribution in [-0.4, -0.2) is 41.1 Å². The van der Waals surface area contributed by atoms with Crippen LogP contribution in [0.2, 0.25) is 0 Å². The van der Waals surface area contributed by atoms with Crippen molar-refractivity contribution in [1.29, 1.82) is 0 Å².